The van der Waals surface area contributed by atoms with Crippen LogP contribution in [0.2, 0.25) is 0 Å². The Balaban J connectivity index is 0.00000225. The van der Waals surface area contributed by atoms with Gasteiger partial charge in [0.15, 0.2) is 6.20 Å². The minimum absolute atomic E-state index is 0. The molecule has 0 atom stereocenters. The summed E-state index contributed by atoms with van der Waals surface area (Å²) in [5.41, 5.74) is 2.05. The van der Waals surface area contributed by atoms with E-state index >= 15 is 0 Å². The molecule has 0 bridgehead atoms. The fraction of sp³-hybridized carbons (Fsp3) is 0.455. The first-order chi connectivity index (χ1) is 7.27. The average molecular weight is 336 g/mol. The Morgan fingerprint density at radius 2 is 2.19 bits per heavy atom. The molecule has 0 spiro atoms. The van der Waals surface area contributed by atoms with Crippen molar-refractivity contribution in [3.63, 3.8) is 0 Å². The topological polar surface area (TPSA) is 56.7 Å². The molecule has 0 aromatic carbocycles. The molecular formula is C11H17IN2O2. The molecule has 0 aliphatic rings. The zero-order valence-corrected chi connectivity index (χ0v) is 11.5. The highest BCUT2D eigenvalue weighted by atomic mass is 127. The van der Waals surface area contributed by atoms with E-state index in [-0.39, 0.29) is 30.6 Å². The van der Waals surface area contributed by atoms with Crippen LogP contribution in [0.5, 0.6) is 0 Å². The van der Waals surface area contributed by atoms with Crippen molar-refractivity contribution >= 4 is 6.21 Å². The van der Waals surface area contributed by atoms with Gasteiger partial charge in [-0.15, -0.1) is 0 Å². The van der Waals surface area contributed by atoms with Crippen LogP contribution < -0.4 is 28.5 Å². The second kappa shape index (κ2) is 8.46. The highest BCUT2D eigenvalue weighted by Crippen LogP contribution is 2.04. The van der Waals surface area contributed by atoms with Gasteiger partial charge in [-0.25, -0.2) is 4.57 Å². The summed E-state index contributed by atoms with van der Waals surface area (Å²) < 4.78 is 1.88. The maximum atomic E-state index is 8.67. The number of aliphatic hydroxyl groups excluding tert-OH is 1. The monoisotopic (exact) mass is 336 g/mol. The summed E-state index contributed by atoms with van der Waals surface area (Å²) in [5, 5.41) is 20.2. The molecule has 4 nitrogen and oxygen atoms in total. The van der Waals surface area contributed by atoms with Crippen LogP contribution in [-0.2, 0) is 13.5 Å². The van der Waals surface area contributed by atoms with Crippen LogP contribution in [0.25, 0.3) is 0 Å². The van der Waals surface area contributed by atoms with E-state index in [1.54, 1.807) is 0 Å². The van der Waals surface area contributed by atoms with Crippen molar-refractivity contribution in [1.29, 1.82) is 0 Å². The number of unbranched alkanes of at least 4 members (excludes halogenated alkanes) is 1. The van der Waals surface area contributed by atoms with E-state index in [1.807, 2.05) is 29.9 Å². The predicted molar refractivity (Wildman–Crippen MR) is 57.0 cm³/mol. The number of oxime groups is 1. The standard InChI is InChI=1S/C11H16N2O2.HI/c1-13-6-5-10(4-2-3-7-14)8-11(13)9-12-15;/h5-6,8-9,14H,2-4,7H2,1H3;1H. The van der Waals surface area contributed by atoms with Gasteiger partial charge in [0, 0.05) is 18.7 Å². The number of nitrogens with zero attached hydrogens (tertiary/aromatic N) is 2. The maximum absolute atomic E-state index is 8.67. The lowest BCUT2D eigenvalue weighted by Crippen LogP contribution is -3.00. The number of rotatable bonds is 5. The number of pyridine rings is 1. The van der Waals surface area contributed by atoms with E-state index in [9.17, 15) is 0 Å². The van der Waals surface area contributed by atoms with Crippen molar-refractivity contribution in [3.8, 4) is 0 Å². The molecule has 0 aliphatic heterocycles. The molecule has 5 heteroatoms. The van der Waals surface area contributed by atoms with Gasteiger partial charge in [-0.3, -0.25) is 0 Å². The molecule has 2 N–H and O–H groups in total. The number of aromatic nitrogens is 1. The summed E-state index contributed by atoms with van der Waals surface area (Å²) >= 11 is 0. The van der Waals surface area contributed by atoms with Crippen molar-refractivity contribution in [2.24, 2.45) is 12.2 Å². The van der Waals surface area contributed by atoms with E-state index in [0.717, 1.165) is 25.0 Å². The summed E-state index contributed by atoms with van der Waals surface area (Å²) in [4.78, 5) is 0. The average Bonchev–Trinajstić information content (AvgIpc) is 2.23. The van der Waals surface area contributed by atoms with Crippen molar-refractivity contribution in [1.82, 2.24) is 0 Å². The number of hydrogen-bond donors (Lipinski definition) is 2. The Morgan fingerprint density at radius 1 is 1.44 bits per heavy atom. The Hall–Kier alpha value is -0.690. The van der Waals surface area contributed by atoms with E-state index in [1.165, 1.54) is 11.8 Å². The number of halogens is 1. The maximum Gasteiger partial charge on any atom is 0.227 e. The SMILES string of the molecule is C[n+]1ccc(CCCCO)cc1/C=N/O.[I-]. The lowest BCUT2D eigenvalue weighted by atomic mass is 10.1. The molecule has 0 saturated heterocycles. The Kier molecular flexibility index (Phi) is 8.10. The quantitative estimate of drug-likeness (QED) is 0.158. The molecule has 0 unspecified atom stereocenters. The minimum Gasteiger partial charge on any atom is -1.00 e. The van der Waals surface area contributed by atoms with Crippen LogP contribution in [-0.4, -0.2) is 23.1 Å². The number of aliphatic hydroxyl groups is 1. The third-order valence-corrected chi connectivity index (χ3v) is 2.32. The molecule has 16 heavy (non-hydrogen) atoms. The van der Waals surface area contributed by atoms with Gasteiger partial charge in [-0.1, -0.05) is 5.16 Å². The van der Waals surface area contributed by atoms with Crippen LogP contribution in [0.3, 0.4) is 0 Å². The van der Waals surface area contributed by atoms with Crippen LogP contribution >= 0.6 is 0 Å². The largest absolute Gasteiger partial charge is 1.00 e. The molecular weight excluding hydrogens is 319 g/mol. The molecule has 1 aromatic heterocycles. The van der Waals surface area contributed by atoms with E-state index < -0.39 is 0 Å². The second-order valence-corrected chi connectivity index (χ2v) is 3.50. The van der Waals surface area contributed by atoms with Gasteiger partial charge in [0.25, 0.3) is 0 Å². The zero-order chi connectivity index (χ0) is 11.1. The molecule has 0 radical (unpaired) electrons. The summed E-state index contributed by atoms with van der Waals surface area (Å²) in [6, 6.07) is 4.02. The van der Waals surface area contributed by atoms with Gasteiger partial charge in [0.1, 0.15) is 13.3 Å². The first kappa shape index (κ1) is 15.3. The van der Waals surface area contributed by atoms with E-state index in [2.05, 4.69) is 5.16 Å². The molecule has 1 heterocycles. The summed E-state index contributed by atoms with van der Waals surface area (Å²) in [5.74, 6) is 0. The number of aryl methyl sites for hydroxylation is 2. The minimum atomic E-state index is 0. The lowest BCUT2D eigenvalue weighted by Gasteiger charge is -2.00. The lowest BCUT2D eigenvalue weighted by molar-refractivity contribution is -0.672. The van der Waals surface area contributed by atoms with Crippen molar-refractivity contribution in [3.05, 3.63) is 29.6 Å². The molecule has 0 amide bonds. The van der Waals surface area contributed by atoms with Gasteiger partial charge in [0.2, 0.25) is 5.69 Å². The molecule has 1 aromatic rings. The molecule has 1 rings (SSSR count). The third kappa shape index (κ3) is 4.89. The Labute approximate surface area is 113 Å². The van der Waals surface area contributed by atoms with E-state index in [4.69, 9.17) is 10.3 Å². The van der Waals surface area contributed by atoms with Crippen LogP contribution in [0.15, 0.2) is 23.5 Å². The predicted octanol–water partition coefficient (Wildman–Crippen LogP) is -2.36. The van der Waals surface area contributed by atoms with Gasteiger partial charge in [-0.05, 0) is 24.8 Å². The van der Waals surface area contributed by atoms with Gasteiger partial charge >= 0.3 is 0 Å². The van der Waals surface area contributed by atoms with Crippen LogP contribution in [0.1, 0.15) is 24.1 Å². The molecule has 0 aliphatic carbocycles. The second-order valence-electron chi connectivity index (χ2n) is 3.50. The molecule has 90 valence electrons. The smallest absolute Gasteiger partial charge is 0.227 e. The third-order valence-electron chi connectivity index (χ3n) is 2.32. The summed E-state index contributed by atoms with van der Waals surface area (Å²) in [6.07, 6.45) is 6.08. The molecule has 0 fully saturated rings. The van der Waals surface area contributed by atoms with Gasteiger partial charge in [0.05, 0.1) is 0 Å². The highest BCUT2D eigenvalue weighted by molar-refractivity contribution is 5.74. The highest BCUT2D eigenvalue weighted by Gasteiger charge is 2.05. The zero-order valence-electron chi connectivity index (χ0n) is 9.30. The normalized spacial score (nSPS) is 10.4. The van der Waals surface area contributed by atoms with E-state index in [0.29, 0.717) is 0 Å². The fourth-order valence-corrected chi connectivity index (χ4v) is 1.42. The first-order valence-electron chi connectivity index (χ1n) is 5.05. The van der Waals surface area contributed by atoms with Crippen molar-refractivity contribution in [2.45, 2.75) is 19.3 Å². The van der Waals surface area contributed by atoms with Crippen LogP contribution in [0.4, 0.5) is 0 Å². The van der Waals surface area contributed by atoms with Crippen molar-refractivity contribution < 1.29 is 38.9 Å². The van der Waals surface area contributed by atoms with Gasteiger partial charge in [-0.2, -0.15) is 0 Å². The first-order valence-corrected chi connectivity index (χ1v) is 5.05. The fourth-order valence-electron chi connectivity index (χ4n) is 1.42. The van der Waals surface area contributed by atoms with Crippen LogP contribution in [0, 0.1) is 0 Å². The summed E-state index contributed by atoms with van der Waals surface area (Å²) in [6.45, 7) is 0.242. The summed E-state index contributed by atoms with van der Waals surface area (Å²) in [7, 11) is 1.90. The van der Waals surface area contributed by atoms with Crippen molar-refractivity contribution in [2.75, 3.05) is 6.61 Å². The number of hydrogen-bond acceptors (Lipinski definition) is 3. The molecule has 0 saturated carbocycles. The Morgan fingerprint density at radius 3 is 2.81 bits per heavy atom. The Bertz CT molecular complexity index is 343. The van der Waals surface area contributed by atoms with Gasteiger partial charge < -0.3 is 34.3 Å².